The average Bonchev–Trinajstić information content (AvgIpc) is 3.07. The van der Waals surface area contributed by atoms with E-state index in [0.717, 1.165) is 12.0 Å². The number of nitrogens with zero attached hydrogens (tertiary/aromatic N) is 2. The maximum Gasteiger partial charge on any atom is 0.319 e. The highest BCUT2D eigenvalue weighted by atomic mass is 16.5. The van der Waals surface area contributed by atoms with Crippen LogP contribution in [0.25, 0.3) is 0 Å². The van der Waals surface area contributed by atoms with Crippen LogP contribution < -0.4 is 16.0 Å². The van der Waals surface area contributed by atoms with E-state index in [9.17, 15) is 14.7 Å². The van der Waals surface area contributed by atoms with E-state index in [2.05, 4.69) is 26.1 Å². The lowest BCUT2D eigenvalue weighted by atomic mass is 9.97. The fourth-order valence-corrected chi connectivity index (χ4v) is 3.62. The smallest absolute Gasteiger partial charge is 0.319 e. The molecule has 31 heavy (non-hydrogen) atoms. The van der Waals surface area contributed by atoms with Gasteiger partial charge in [-0.1, -0.05) is 11.2 Å². The van der Waals surface area contributed by atoms with Crippen LogP contribution in [0.1, 0.15) is 36.3 Å². The molecule has 1 aliphatic heterocycles. The summed E-state index contributed by atoms with van der Waals surface area (Å²) in [5.74, 6) is 0.418. The summed E-state index contributed by atoms with van der Waals surface area (Å²) in [6, 6.07) is 3.04. The van der Waals surface area contributed by atoms with Crippen LogP contribution in [0.4, 0.5) is 10.5 Å². The van der Waals surface area contributed by atoms with E-state index in [0.29, 0.717) is 36.5 Å². The van der Waals surface area contributed by atoms with Gasteiger partial charge < -0.3 is 30.3 Å². The first-order chi connectivity index (χ1) is 15.0. The van der Waals surface area contributed by atoms with Crippen molar-refractivity contribution in [1.29, 1.82) is 0 Å². The average molecular weight is 431 g/mol. The van der Waals surface area contributed by atoms with Crippen molar-refractivity contribution >= 4 is 17.6 Å². The number of aliphatic hydroxyl groups is 1. The number of anilines is 1. The van der Waals surface area contributed by atoms with Gasteiger partial charge in [0.2, 0.25) is 5.91 Å². The van der Waals surface area contributed by atoms with Crippen LogP contribution >= 0.6 is 0 Å². The summed E-state index contributed by atoms with van der Waals surface area (Å²) in [5.41, 5.74) is 2.01. The van der Waals surface area contributed by atoms with Gasteiger partial charge in [-0.2, -0.15) is 0 Å². The lowest BCUT2D eigenvalue weighted by molar-refractivity contribution is -0.127. The van der Waals surface area contributed by atoms with Crippen molar-refractivity contribution in [2.75, 3.05) is 18.5 Å². The molecule has 3 rings (SSSR count). The molecule has 2 aromatic heterocycles. The van der Waals surface area contributed by atoms with Gasteiger partial charge in [-0.3, -0.25) is 9.78 Å². The second-order valence-corrected chi connectivity index (χ2v) is 7.64. The minimum absolute atomic E-state index is 0.108. The molecule has 1 saturated heterocycles. The normalized spacial score (nSPS) is 20.8. The SMILES string of the molecule is Cc1noc(C)c1NC(=O)NCC[C@H]1CC[C@H](NC(=O)Cc2cccnc2)[C@H](CO)O1. The van der Waals surface area contributed by atoms with Crippen molar-refractivity contribution in [1.82, 2.24) is 20.8 Å². The van der Waals surface area contributed by atoms with Gasteiger partial charge in [0.25, 0.3) is 0 Å². The summed E-state index contributed by atoms with van der Waals surface area (Å²) >= 11 is 0. The largest absolute Gasteiger partial charge is 0.394 e. The molecule has 10 nitrogen and oxygen atoms in total. The van der Waals surface area contributed by atoms with Gasteiger partial charge in [-0.25, -0.2) is 4.79 Å². The number of carbonyl (C=O) groups is 2. The third kappa shape index (κ3) is 6.50. The fourth-order valence-electron chi connectivity index (χ4n) is 3.62. The van der Waals surface area contributed by atoms with E-state index >= 15 is 0 Å². The number of urea groups is 1. The number of rotatable bonds is 8. The zero-order valence-electron chi connectivity index (χ0n) is 17.8. The van der Waals surface area contributed by atoms with Crippen molar-refractivity contribution < 1.29 is 24.0 Å². The van der Waals surface area contributed by atoms with E-state index < -0.39 is 6.10 Å². The van der Waals surface area contributed by atoms with E-state index in [4.69, 9.17) is 9.26 Å². The minimum Gasteiger partial charge on any atom is -0.394 e. The third-order valence-electron chi connectivity index (χ3n) is 5.25. The molecule has 0 aromatic carbocycles. The Morgan fingerprint density at radius 3 is 2.81 bits per heavy atom. The van der Waals surface area contributed by atoms with Crippen LogP contribution in [0, 0.1) is 13.8 Å². The first kappa shape index (κ1) is 22.7. The highest BCUT2D eigenvalue weighted by molar-refractivity contribution is 5.90. The minimum atomic E-state index is -0.479. The maximum atomic E-state index is 12.3. The Balaban J connectivity index is 1.40. The number of amides is 3. The lowest BCUT2D eigenvalue weighted by Gasteiger charge is -2.36. The molecule has 0 aliphatic carbocycles. The highest BCUT2D eigenvalue weighted by Crippen LogP contribution is 2.22. The molecule has 3 heterocycles. The number of aryl methyl sites for hydroxylation is 2. The zero-order valence-corrected chi connectivity index (χ0v) is 17.8. The number of pyridine rings is 1. The number of hydrogen-bond acceptors (Lipinski definition) is 7. The quantitative estimate of drug-likeness (QED) is 0.496. The molecule has 0 radical (unpaired) electrons. The molecule has 10 heteroatoms. The molecule has 1 fully saturated rings. The molecule has 3 amide bonds. The summed E-state index contributed by atoms with van der Waals surface area (Å²) in [6.07, 6.45) is 4.98. The molecule has 4 N–H and O–H groups in total. The van der Waals surface area contributed by atoms with Gasteiger partial charge in [-0.15, -0.1) is 0 Å². The number of hydrogen-bond donors (Lipinski definition) is 4. The zero-order chi connectivity index (χ0) is 22.2. The summed E-state index contributed by atoms with van der Waals surface area (Å²) in [5, 5.41) is 22.0. The number of nitrogens with one attached hydrogen (secondary N) is 3. The number of carbonyl (C=O) groups excluding carboxylic acids is 2. The van der Waals surface area contributed by atoms with E-state index in [1.165, 1.54) is 0 Å². The Bertz CT molecular complexity index is 853. The standard InChI is InChI=1S/C21H29N5O5/c1-13-20(14(2)31-26-13)25-21(29)23-9-7-16-5-6-17(18(12-27)30-16)24-19(28)10-15-4-3-8-22-11-15/h3-4,8,11,16-18,27H,5-7,9-10,12H2,1-2H3,(H,24,28)(H2,23,25,29)/t16-,17+,18+/m1/s1. The second-order valence-electron chi connectivity index (χ2n) is 7.64. The first-order valence-electron chi connectivity index (χ1n) is 10.4. The first-order valence-corrected chi connectivity index (χ1v) is 10.4. The number of ether oxygens (including phenoxy) is 1. The van der Waals surface area contributed by atoms with E-state index in [1.54, 1.807) is 32.3 Å². The summed E-state index contributed by atoms with van der Waals surface area (Å²) < 4.78 is 11.0. The molecule has 1 aliphatic rings. The van der Waals surface area contributed by atoms with E-state index in [1.807, 2.05) is 6.07 Å². The number of aromatic nitrogens is 2. The van der Waals surface area contributed by atoms with Crippen LogP contribution in [0.3, 0.4) is 0 Å². The van der Waals surface area contributed by atoms with Crippen LogP contribution in [0.15, 0.2) is 29.0 Å². The Morgan fingerprint density at radius 1 is 1.29 bits per heavy atom. The Hall–Kier alpha value is -2.98. The molecule has 3 atom stereocenters. The van der Waals surface area contributed by atoms with Crippen LogP contribution in [-0.2, 0) is 16.0 Å². The molecule has 168 valence electrons. The van der Waals surface area contributed by atoms with Crippen molar-refractivity contribution in [2.24, 2.45) is 0 Å². The third-order valence-corrected chi connectivity index (χ3v) is 5.25. The predicted molar refractivity (Wildman–Crippen MR) is 112 cm³/mol. The molecular weight excluding hydrogens is 402 g/mol. The Morgan fingerprint density at radius 2 is 2.13 bits per heavy atom. The monoisotopic (exact) mass is 431 g/mol. The molecular formula is C21H29N5O5. The van der Waals surface area contributed by atoms with Crippen LogP contribution in [0.2, 0.25) is 0 Å². The van der Waals surface area contributed by atoms with Gasteiger partial charge in [0.1, 0.15) is 17.5 Å². The van der Waals surface area contributed by atoms with Crippen molar-refractivity contribution in [3.63, 3.8) is 0 Å². The van der Waals surface area contributed by atoms with Crippen molar-refractivity contribution in [2.45, 2.75) is 57.8 Å². The molecule has 0 unspecified atom stereocenters. The van der Waals surface area contributed by atoms with E-state index in [-0.39, 0.29) is 37.1 Å². The summed E-state index contributed by atoms with van der Waals surface area (Å²) in [6.45, 7) is 3.71. The van der Waals surface area contributed by atoms with Crippen molar-refractivity contribution in [3.05, 3.63) is 41.5 Å². The molecule has 0 spiro atoms. The van der Waals surface area contributed by atoms with Crippen LogP contribution in [-0.4, -0.2) is 58.6 Å². The molecule has 0 bridgehead atoms. The highest BCUT2D eigenvalue weighted by Gasteiger charge is 2.31. The van der Waals surface area contributed by atoms with Gasteiger partial charge in [0.05, 0.1) is 25.2 Å². The molecule has 0 saturated carbocycles. The fraction of sp³-hybridized carbons (Fsp3) is 0.524. The van der Waals surface area contributed by atoms with Gasteiger partial charge in [-0.05, 0) is 44.7 Å². The summed E-state index contributed by atoms with van der Waals surface area (Å²) in [4.78, 5) is 28.4. The van der Waals surface area contributed by atoms with Gasteiger partial charge in [0.15, 0.2) is 5.76 Å². The Kier molecular flexibility index (Phi) is 7.96. The van der Waals surface area contributed by atoms with Crippen LogP contribution in [0.5, 0.6) is 0 Å². The maximum absolute atomic E-state index is 12.3. The van der Waals surface area contributed by atoms with Gasteiger partial charge >= 0.3 is 6.03 Å². The Labute approximate surface area is 180 Å². The summed E-state index contributed by atoms with van der Waals surface area (Å²) in [7, 11) is 0. The number of aliphatic hydroxyl groups excluding tert-OH is 1. The lowest BCUT2D eigenvalue weighted by Crippen LogP contribution is -2.51. The van der Waals surface area contributed by atoms with Crippen molar-refractivity contribution in [3.8, 4) is 0 Å². The predicted octanol–water partition coefficient (Wildman–Crippen LogP) is 1.47. The van der Waals surface area contributed by atoms with Gasteiger partial charge in [0, 0.05) is 18.9 Å². The molecule has 2 aromatic rings. The topological polar surface area (TPSA) is 139 Å². The second kappa shape index (κ2) is 10.9.